The Kier molecular flexibility index (Phi) is 5.03. The lowest BCUT2D eigenvalue weighted by molar-refractivity contribution is 0.102. The third-order valence-corrected chi connectivity index (χ3v) is 4.19. The van der Waals surface area contributed by atoms with Gasteiger partial charge in [0.25, 0.3) is 5.91 Å². The second-order valence-corrected chi connectivity index (χ2v) is 5.97. The molecule has 1 heterocycles. The first-order valence-corrected chi connectivity index (χ1v) is 8.09. The average Bonchev–Trinajstić information content (AvgIpc) is 2.58. The van der Waals surface area contributed by atoms with Crippen LogP contribution in [0.1, 0.15) is 35.2 Å². The summed E-state index contributed by atoms with van der Waals surface area (Å²) in [5.74, 6) is -0.720. The van der Waals surface area contributed by atoms with E-state index in [9.17, 15) is 9.18 Å². The fourth-order valence-corrected chi connectivity index (χ4v) is 2.89. The zero-order chi connectivity index (χ0) is 16.1. The lowest BCUT2D eigenvalue weighted by Crippen LogP contribution is -2.29. The van der Waals surface area contributed by atoms with Crippen LogP contribution in [0.4, 0.5) is 10.1 Å². The van der Waals surface area contributed by atoms with Gasteiger partial charge in [-0.25, -0.2) is 4.39 Å². The van der Waals surface area contributed by atoms with Gasteiger partial charge >= 0.3 is 0 Å². The predicted octanol–water partition coefficient (Wildman–Crippen LogP) is 4.06. The molecule has 23 heavy (non-hydrogen) atoms. The molecular weight excluding hydrogens is 291 g/mol. The van der Waals surface area contributed by atoms with E-state index in [1.54, 1.807) is 30.3 Å². The molecule has 0 aliphatic carbocycles. The highest BCUT2D eigenvalue weighted by Gasteiger charge is 2.12. The van der Waals surface area contributed by atoms with Gasteiger partial charge in [-0.2, -0.15) is 0 Å². The van der Waals surface area contributed by atoms with Crippen LogP contribution in [0.15, 0.2) is 48.5 Å². The number of carbonyl (C=O) groups is 1. The zero-order valence-electron chi connectivity index (χ0n) is 13.1. The van der Waals surface area contributed by atoms with Crippen molar-refractivity contribution in [2.24, 2.45) is 0 Å². The average molecular weight is 312 g/mol. The summed E-state index contributed by atoms with van der Waals surface area (Å²) in [6.07, 6.45) is 3.86. The number of piperidine rings is 1. The first-order valence-electron chi connectivity index (χ1n) is 8.09. The number of carbonyl (C=O) groups excluding carboxylic acids is 1. The molecule has 1 aliphatic heterocycles. The minimum Gasteiger partial charge on any atom is -0.319 e. The van der Waals surface area contributed by atoms with Crippen molar-refractivity contribution < 1.29 is 9.18 Å². The van der Waals surface area contributed by atoms with E-state index in [1.807, 2.05) is 12.1 Å². The normalized spacial score (nSPS) is 15.3. The second kappa shape index (κ2) is 7.38. The van der Waals surface area contributed by atoms with Crippen molar-refractivity contribution in [3.8, 4) is 0 Å². The van der Waals surface area contributed by atoms with Crippen LogP contribution >= 0.6 is 0 Å². The van der Waals surface area contributed by atoms with Crippen molar-refractivity contribution in [3.05, 3.63) is 65.5 Å². The molecule has 1 amide bonds. The van der Waals surface area contributed by atoms with Gasteiger partial charge in [0.1, 0.15) is 5.82 Å². The van der Waals surface area contributed by atoms with Gasteiger partial charge in [-0.15, -0.1) is 0 Å². The Morgan fingerprint density at radius 2 is 1.70 bits per heavy atom. The lowest BCUT2D eigenvalue weighted by Gasteiger charge is -2.26. The molecule has 0 atom stereocenters. The molecule has 0 radical (unpaired) electrons. The molecule has 3 rings (SSSR count). The van der Waals surface area contributed by atoms with Gasteiger partial charge in [0.2, 0.25) is 0 Å². The highest BCUT2D eigenvalue weighted by atomic mass is 19.1. The monoisotopic (exact) mass is 312 g/mol. The topological polar surface area (TPSA) is 32.3 Å². The minimum absolute atomic E-state index is 0.204. The standard InChI is InChI=1S/C19H21FN2O/c20-17-6-2-3-7-18(17)21-19(23)16-10-8-15(9-11-16)14-22-12-4-1-5-13-22/h2-3,6-11H,1,4-5,12-14H2,(H,21,23). The van der Waals surface area contributed by atoms with E-state index in [-0.39, 0.29) is 11.6 Å². The van der Waals surface area contributed by atoms with Crippen LogP contribution < -0.4 is 5.32 Å². The number of rotatable bonds is 4. The van der Waals surface area contributed by atoms with Crippen molar-refractivity contribution in [1.82, 2.24) is 4.90 Å². The van der Waals surface area contributed by atoms with E-state index < -0.39 is 5.82 Å². The van der Waals surface area contributed by atoms with Crippen molar-refractivity contribution in [3.63, 3.8) is 0 Å². The van der Waals surface area contributed by atoms with Crippen LogP contribution in [0.25, 0.3) is 0 Å². The van der Waals surface area contributed by atoms with Crippen LogP contribution in [-0.2, 0) is 6.54 Å². The summed E-state index contributed by atoms with van der Waals surface area (Å²) in [6.45, 7) is 3.22. The van der Waals surface area contributed by atoms with Crippen LogP contribution in [0.3, 0.4) is 0 Å². The maximum Gasteiger partial charge on any atom is 0.255 e. The van der Waals surface area contributed by atoms with E-state index in [2.05, 4.69) is 10.2 Å². The van der Waals surface area contributed by atoms with Crippen molar-refractivity contribution in [2.75, 3.05) is 18.4 Å². The van der Waals surface area contributed by atoms with Crippen LogP contribution in [0, 0.1) is 5.82 Å². The Bertz CT molecular complexity index is 663. The van der Waals surface area contributed by atoms with Crippen LogP contribution in [-0.4, -0.2) is 23.9 Å². The summed E-state index contributed by atoms with van der Waals surface area (Å²) in [4.78, 5) is 14.6. The predicted molar refractivity (Wildman–Crippen MR) is 89.9 cm³/mol. The zero-order valence-corrected chi connectivity index (χ0v) is 13.1. The summed E-state index contributed by atoms with van der Waals surface area (Å²) < 4.78 is 13.6. The number of amides is 1. The molecule has 1 aliphatic rings. The number of nitrogens with one attached hydrogen (secondary N) is 1. The smallest absolute Gasteiger partial charge is 0.255 e. The van der Waals surface area contributed by atoms with Crippen LogP contribution in [0.5, 0.6) is 0 Å². The second-order valence-electron chi connectivity index (χ2n) is 5.97. The minimum atomic E-state index is -0.428. The number of hydrogen-bond donors (Lipinski definition) is 1. The molecule has 3 nitrogen and oxygen atoms in total. The van der Waals surface area contributed by atoms with Gasteiger partial charge in [0.15, 0.2) is 0 Å². The largest absolute Gasteiger partial charge is 0.319 e. The molecule has 0 spiro atoms. The SMILES string of the molecule is O=C(Nc1ccccc1F)c1ccc(CN2CCCCC2)cc1. The van der Waals surface area contributed by atoms with E-state index in [0.717, 1.165) is 19.6 Å². The van der Waals surface area contributed by atoms with Gasteiger partial charge in [-0.3, -0.25) is 9.69 Å². The molecule has 2 aromatic rings. The molecule has 0 aromatic heterocycles. The van der Waals surface area contributed by atoms with Crippen LogP contribution in [0.2, 0.25) is 0 Å². The number of hydrogen-bond acceptors (Lipinski definition) is 2. The van der Waals surface area contributed by atoms with Crippen molar-refractivity contribution in [2.45, 2.75) is 25.8 Å². The summed E-state index contributed by atoms with van der Waals surface area (Å²) >= 11 is 0. The highest BCUT2D eigenvalue weighted by molar-refractivity contribution is 6.04. The molecule has 1 fully saturated rings. The Hall–Kier alpha value is -2.20. The molecular formula is C19H21FN2O. The molecule has 1 N–H and O–H groups in total. The number of anilines is 1. The van der Waals surface area contributed by atoms with Crippen molar-refractivity contribution >= 4 is 11.6 Å². The molecule has 2 aromatic carbocycles. The Morgan fingerprint density at radius 1 is 1.00 bits per heavy atom. The van der Waals surface area contributed by atoms with Crippen molar-refractivity contribution in [1.29, 1.82) is 0 Å². The van der Waals surface area contributed by atoms with Gasteiger partial charge in [0, 0.05) is 12.1 Å². The molecule has 120 valence electrons. The van der Waals surface area contributed by atoms with Gasteiger partial charge in [0.05, 0.1) is 5.69 Å². The summed E-state index contributed by atoms with van der Waals surface area (Å²) in [6, 6.07) is 13.7. The number of likely N-dealkylation sites (tertiary alicyclic amines) is 1. The molecule has 0 bridgehead atoms. The maximum atomic E-state index is 13.6. The summed E-state index contributed by atoms with van der Waals surface area (Å²) in [5, 5.41) is 2.60. The quantitative estimate of drug-likeness (QED) is 0.923. The first kappa shape index (κ1) is 15.7. The first-order chi connectivity index (χ1) is 11.2. The summed E-state index contributed by atoms with van der Waals surface area (Å²) in [7, 11) is 0. The third kappa shape index (κ3) is 4.17. The molecule has 0 unspecified atom stereocenters. The van der Waals surface area contributed by atoms with Gasteiger partial charge < -0.3 is 5.32 Å². The van der Waals surface area contributed by atoms with Gasteiger partial charge in [-0.05, 0) is 55.8 Å². The Labute approximate surface area is 136 Å². The summed E-state index contributed by atoms with van der Waals surface area (Å²) in [5.41, 5.74) is 1.94. The molecule has 4 heteroatoms. The number of halogens is 1. The van der Waals surface area contributed by atoms with E-state index >= 15 is 0 Å². The van der Waals surface area contributed by atoms with E-state index in [0.29, 0.717) is 5.56 Å². The Balaban J connectivity index is 1.62. The fraction of sp³-hybridized carbons (Fsp3) is 0.316. The van der Waals surface area contributed by atoms with E-state index in [1.165, 1.54) is 30.9 Å². The molecule has 0 saturated carbocycles. The molecule has 1 saturated heterocycles. The number of benzene rings is 2. The van der Waals surface area contributed by atoms with Gasteiger partial charge in [-0.1, -0.05) is 30.7 Å². The number of para-hydroxylation sites is 1. The third-order valence-electron chi connectivity index (χ3n) is 4.19. The lowest BCUT2D eigenvalue weighted by atomic mass is 10.1. The maximum absolute atomic E-state index is 13.6. The number of nitrogens with zero attached hydrogens (tertiary/aromatic N) is 1. The fourth-order valence-electron chi connectivity index (χ4n) is 2.89. The van der Waals surface area contributed by atoms with E-state index in [4.69, 9.17) is 0 Å². The highest BCUT2D eigenvalue weighted by Crippen LogP contribution is 2.16. The Morgan fingerprint density at radius 3 is 2.39 bits per heavy atom.